The van der Waals surface area contributed by atoms with E-state index in [2.05, 4.69) is 0 Å². The van der Waals surface area contributed by atoms with Crippen LogP contribution in [0.3, 0.4) is 0 Å². The minimum atomic E-state index is -4.26. The molecule has 2 aromatic carbocycles. The van der Waals surface area contributed by atoms with Gasteiger partial charge in [-0.1, -0.05) is 0 Å². The van der Waals surface area contributed by atoms with E-state index in [1.54, 1.807) is 0 Å². The van der Waals surface area contributed by atoms with E-state index in [0.717, 1.165) is 17.1 Å². The molecule has 3 N–H and O–H groups in total. The summed E-state index contributed by atoms with van der Waals surface area (Å²) < 4.78 is 37.1. The molecule has 45 heavy (non-hydrogen) atoms. The summed E-state index contributed by atoms with van der Waals surface area (Å²) in [7, 11) is -4.26. The highest BCUT2D eigenvalue weighted by Crippen LogP contribution is 2.40. The Bertz CT molecular complexity index is 1680. The zero-order valence-electron chi connectivity index (χ0n) is 23.7. The summed E-state index contributed by atoms with van der Waals surface area (Å²) >= 11 is 0. The van der Waals surface area contributed by atoms with Gasteiger partial charge in [0.15, 0.2) is 9.84 Å². The van der Waals surface area contributed by atoms with Crippen molar-refractivity contribution in [2.24, 2.45) is 11.7 Å². The fourth-order valence-corrected chi connectivity index (χ4v) is 6.38. The fourth-order valence-electron chi connectivity index (χ4n) is 4.86. The molecule has 4 rings (SSSR count). The number of hydrogen-bond donors (Lipinski definition) is 2. The maximum atomic E-state index is 13.3. The Kier molecular flexibility index (Phi) is 9.75. The Morgan fingerprint density at radius 2 is 1.49 bits per heavy atom. The quantitative estimate of drug-likeness (QED) is 0.144. The Hall–Kier alpha value is -5.00. The number of fused-ring (bicyclic) bond motifs is 1. The number of aliphatic hydroxyl groups is 1. The summed E-state index contributed by atoms with van der Waals surface area (Å²) in [4.78, 5) is 59.7. The molecule has 238 valence electrons. The average Bonchev–Trinajstić information content (AvgIpc) is 3.16. The predicted octanol–water partition coefficient (Wildman–Crippen LogP) is 1.41. The van der Waals surface area contributed by atoms with Crippen molar-refractivity contribution < 1.29 is 47.2 Å². The SMILES string of the molecule is C[C@@H](O)[C@H]1C(=O)N2C(C(=O)OCc3ccc([N+](=O)[O-])cc3)=CC=C(S(=O)(=O)CC(N)C(=O)OCc3ccc([N+](=O)[O-])cc3)C[C@H]12. The van der Waals surface area contributed by atoms with Crippen LogP contribution in [0.15, 0.2) is 71.3 Å². The van der Waals surface area contributed by atoms with Gasteiger partial charge in [0, 0.05) is 35.6 Å². The zero-order chi connectivity index (χ0) is 33.1. The lowest BCUT2D eigenvalue weighted by atomic mass is 9.81. The van der Waals surface area contributed by atoms with Crippen molar-refractivity contribution >= 4 is 39.1 Å². The van der Waals surface area contributed by atoms with Crippen LogP contribution in [0, 0.1) is 26.1 Å². The monoisotopic (exact) mass is 644 g/mol. The third-order valence-electron chi connectivity index (χ3n) is 7.24. The second kappa shape index (κ2) is 13.3. The molecule has 2 aliphatic rings. The number of amides is 1. The van der Waals surface area contributed by atoms with Crippen molar-refractivity contribution in [1.82, 2.24) is 4.90 Å². The minimum Gasteiger partial charge on any atom is -0.460 e. The molecular weight excluding hydrogens is 616 g/mol. The minimum absolute atomic E-state index is 0.161. The van der Waals surface area contributed by atoms with Gasteiger partial charge in [0.25, 0.3) is 11.4 Å². The van der Waals surface area contributed by atoms with Crippen LogP contribution in [0.25, 0.3) is 0 Å². The van der Waals surface area contributed by atoms with Crippen molar-refractivity contribution in [3.63, 3.8) is 0 Å². The van der Waals surface area contributed by atoms with Crippen LogP contribution < -0.4 is 5.73 Å². The molecule has 2 aliphatic heterocycles. The standard InChI is InChI=1S/C28H28N4O12S/c1-16(33)25-24-12-21(45(41,42)15-22(29)27(35)43-13-17-2-6-19(7-3-17)31(37)38)10-11-23(30(24)26(25)34)28(36)44-14-18-4-8-20(9-5-18)32(39)40/h2-11,16,22,24-25,33H,12-15,29H2,1H3/t16-,22?,24-,25-/m1/s1. The molecule has 17 heteroatoms. The summed E-state index contributed by atoms with van der Waals surface area (Å²) in [6, 6.07) is 7.87. The number of ether oxygens (including phenoxy) is 2. The van der Waals surface area contributed by atoms with E-state index in [-0.39, 0.29) is 41.6 Å². The Balaban J connectivity index is 1.47. The number of benzene rings is 2. The number of non-ortho nitro benzene ring substituents is 2. The molecular formula is C28H28N4O12S. The van der Waals surface area contributed by atoms with Crippen molar-refractivity contribution in [2.75, 3.05) is 5.75 Å². The zero-order valence-corrected chi connectivity index (χ0v) is 24.5. The third-order valence-corrected chi connectivity index (χ3v) is 9.14. The summed E-state index contributed by atoms with van der Waals surface area (Å²) in [6.07, 6.45) is 0.746. The first kappa shape index (κ1) is 32.9. The van der Waals surface area contributed by atoms with Gasteiger partial charge >= 0.3 is 11.9 Å². The van der Waals surface area contributed by atoms with Crippen LogP contribution in [0.1, 0.15) is 24.5 Å². The molecule has 1 amide bonds. The van der Waals surface area contributed by atoms with Gasteiger partial charge in [-0.3, -0.25) is 29.8 Å². The van der Waals surface area contributed by atoms with E-state index in [0.29, 0.717) is 11.1 Å². The highest BCUT2D eigenvalue weighted by atomic mass is 32.2. The van der Waals surface area contributed by atoms with E-state index < -0.39 is 67.4 Å². The number of nitrogens with zero attached hydrogens (tertiary/aromatic N) is 3. The van der Waals surface area contributed by atoms with Crippen molar-refractivity contribution in [2.45, 2.75) is 44.7 Å². The number of nitro groups is 2. The topological polar surface area (TPSA) is 240 Å². The molecule has 0 spiro atoms. The van der Waals surface area contributed by atoms with E-state index in [4.69, 9.17) is 15.2 Å². The van der Waals surface area contributed by atoms with Gasteiger partial charge in [0.05, 0.1) is 33.7 Å². The predicted molar refractivity (Wildman–Crippen MR) is 154 cm³/mol. The Morgan fingerprint density at radius 1 is 0.978 bits per heavy atom. The molecule has 4 atom stereocenters. The van der Waals surface area contributed by atoms with Gasteiger partial charge in [-0.05, 0) is 54.5 Å². The molecule has 0 saturated carbocycles. The van der Waals surface area contributed by atoms with E-state index >= 15 is 0 Å². The molecule has 0 aromatic heterocycles. The number of carbonyl (C=O) groups is 3. The Labute approximate surface area is 255 Å². The number of sulfone groups is 1. The maximum Gasteiger partial charge on any atom is 0.355 e. The lowest BCUT2D eigenvalue weighted by Crippen LogP contribution is -2.64. The molecule has 0 bridgehead atoms. The van der Waals surface area contributed by atoms with Gasteiger partial charge in [0.2, 0.25) is 5.91 Å². The summed E-state index contributed by atoms with van der Waals surface area (Å²) in [5, 5.41) is 31.8. The largest absolute Gasteiger partial charge is 0.460 e. The number of aliphatic hydroxyl groups excluding tert-OH is 1. The molecule has 1 unspecified atom stereocenters. The van der Waals surface area contributed by atoms with E-state index in [1.807, 2.05) is 0 Å². The number of allylic oxidation sites excluding steroid dienone is 2. The summed E-state index contributed by atoms with van der Waals surface area (Å²) in [5.74, 6) is -4.53. The first-order valence-electron chi connectivity index (χ1n) is 13.4. The van der Waals surface area contributed by atoms with E-state index in [9.17, 15) is 48.1 Å². The van der Waals surface area contributed by atoms with Gasteiger partial charge in [-0.15, -0.1) is 0 Å². The fraction of sp³-hybridized carbons (Fsp3) is 0.321. The van der Waals surface area contributed by atoms with Gasteiger partial charge in [-0.25, -0.2) is 13.2 Å². The van der Waals surface area contributed by atoms with Crippen LogP contribution >= 0.6 is 0 Å². The number of esters is 2. The number of carbonyl (C=O) groups excluding carboxylic acids is 3. The smallest absolute Gasteiger partial charge is 0.355 e. The molecule has 0 aliphatic carbocycles. The molecule has 1 fully saturated rings. The highest BCUT2D eigenvalue weighted by molar-refractivity contribution is 7.95. The van der Waals surface area contributed by atoms with Gasteiger partial charge in [-0.2, -0.15) is 0 Å². The second-order valence-electron chi connectivity index (χ2n) is 10.3. The van der Waals surface area contributed by atoms with Crippen LogP contribution in [-0.2, 0) is 46.9 Å². The number of nitro benzene ring substituents is 2. The number of hydrogen-bond acceptors (Lipinski definition) is 13. The van der Waals surface area contributed by atoms with Crippen LogP contribution in [0.5, 0.6) is 0 Å². The highest BCUT2D eigenvalue weighted by Gasteiger charge is 2.54. The third kappa shape index (κ3) is 7.39. The molecule has 1 saturated heterocycles. The molecule has 16 nitrogen and oxygen atoms in total. The van der Waals surface area contributed by atoms with Crippen molar-refractivity contribution in [3.8, 4) is 0 Å². The lowest BCUT2D eigenvalue weighted by Gasteiger charge is -2.48. The van der Waals surface area contributed by atoms with Crippen molar-refractivity contribution in [1.29, 1.82) is 0 Å². The van der Waals surface area contributed by atoms with Crippen LogP contribution in [0.4, 0.5) is 11.4 Å². The number of nitrogens with two attached hydrogens (primary N) is 1. The van der Waals surface area contributed by atoms with Crippen LogP contribution in [-0.4, -0.2) is 70.1 Å². The van der Waals surface area contributed by atoms with E-state index in [1.165, 1.54) is 55.5 Å². The maximum absolute atomic E-state index is 13.3. The summed E-state index contributed by atoms with van der Waals surface area (Å²) in [6.45, 7) is 0.749. The molecule has 2 aromatic rings. The second-order valence-corrected chi connectivity index (χ2v) is 12.4. The van der Waals surface area contributed by atoms with Crippen molar-refractivity contribution in [3.05, 3.63) is 103 Å². The normalized spacial score (nSPS) is 19.1. The lowest BCUT2D eigenvalue weighted by molar-refractivity contribution is -0.385. The van der Waals surface area contributed by atoms with Gasteiger partial charge < -0.3 is 25.2 Å². The van der Waals surface area contributed by atoms with Gasteiger partial charge in [0.1, 0.15) is 25.0 Å². The molecule has 0 radical (unpaired) electrons. The average molecular weight is 645 g/mol. The number of rotatable bonds is 12. The first-order chi connectivity index (χ1) is 21.2. The molecule has 2 heterocycles. The van der Waals surface area contributed by atoms with Crippen LogP contribution in [0.2, 0.25) is 0 Å². The Morgan fingerprint density at radius 3 is 1.98 bits per heavy atom. The number of β-lactam (4-membered cyclic amide) rings is 1. The first-order valence-corrected chi connectivity index (χ1v) is 15.1. The summed E-state index contributed by atoms with van der Waals surface area (Å²) in [5.41, 5.74) is 6.08.